The summed E-state index contributed by atoms with van der Waals surface area (Å²) in [5, 5.41) is 9.73. The van der Waals surface area contributed by atoms with Crippen LogP contribution in [0.4, 0.5) is 0 Å². The molecule has 0 N–H and O–H groups in total. The van der Waals surface area contributed by atoms with Crippen LogP contribution in [-0.2, 0) is 14.7 Å². The van der Waals surface area contributed by atoms with Gasteiger partial charge in [-0.05, 0) is 12.5 Å². The van der Waals surface area contributed by atoms with Crippen molar-refractivity contribution in [3.63, 3.8) is 0 Å². The predicted molar refractivity (Wildman–Crippen MR) is 31.3 cm³/mol. The maximum Gasteiger partial charge on any atom is 1.00 e. The number of thiol groups is 1. The Labute approximate surface area is 67.4 Å². The Morgan fingerprint density at radius 1 is 1.56 bits per heavy atom. The topological polar surface area (TPSA) is 57.2 Å². The van der Waals surface area contributed by atoms with Gasteiger partial charge in [0.15, 0.2) is 0 Å². The maximum absolute atomic E-state index is 10.6. The van der Waals surface area contributed by atoms with Crippen molar-refractivity contribution >= 4 is 15.9 Å². The molecule has 0 saturated heterocycles. The quantitative estimate of drug-likeness (QED) is 0.312. The number of carboxylic acids is 1. The van der Waals surface area contributed by atoms with Crippen LogP contribution in [0, 0.1) is 0 Å². The Kier molecular flexibility index (Phi) is 5.44. The third-order valence-corrected chi connectivity index (χ3v) is 1.53. The van der Waals surface area contributed by atoms with Gasteiger partial charge in [0, 0.05) is 5.75 Å². The third kappa shape index (κ3) is 11.7. The van der Waals surface area contributed by atoms with Gasteiger partial charge in [-0.1, -0.05) is 0 Å². The van der Waals surface area contributed by atoms with E-state index < -0.39 is 15.9 Å². The van der Waals surface area contributed by atoms with Gasteiger partial charge in [0.2, 0.25) is 0 Å². The molecule has 0 aliphatic heterocycles. The van der Waals surface area contributed by atoms with Gasteiger partial charge in [0.05, 0.1) is 5.97 Å². The third-order valence-electron chi connectivity index (χ3n) is 0.510. The fourth-order valence-corrected chi connectivity index (χ4v) is 0.933. The molecule has 0 atom stereocenters. The molecule has 0 aromatic carbocycles. The first-order chi connectivity index (χ1) is 3.42. The number of hydrogen-bond donors (Lipinski definition) is 1. The molecule has 0 radical (unpaired) electrons. The Morgan fingerprint density at radius 3 is 1.89 bits per heavy atom. The first-order valence-electron chi connectivity index (χ1n) is 2.16. The van der Waals surface area contributed by atoms with Crippen molar-refractivity contribution in [2.24, 2.45) is 0 Å². The van der Waals surface area contributed by atoms with Crippen LogP contribution in [0.2, 0.25) is 0 Å². The van der Waals surface area contributed by atoms with Crippen LogP contribution in [0.5, 0.6) is 0 Å². The van der Waals surface area contributed by atoms with Gasteiger partial charge in [-0.15, -0.1) is 9.93 Å². The Balaban J connectivity index is 0. The fourth-order valence-electron chi connectivity index (χ4n) is 0.311. The normalized spacial score (nSPS) is 11.8. The zero-order valence-electron chi connectivity index (χ0n) is 5.88. The molecule has 50 valence electrons. The molecule has 0 amide bonds. The summed E-state index contributed by atoms with van der Waals surface area (Å²) in [7, 11) is -2.38. The van der Waals surface area contributed by atoms with Crippen molar-refractivity contribution in [3.05, 3.63) is 0 Å². The van der Waals surface area contributed by atoms with Crippen LogP contribution >= 0.6 is 0 Å². The number of rotatable bonds is 2. The van der Waals surface area contributed by atoms with Crippen molar-refractivity contribution in [2.45, 2.75) is 0 Å². The molecule has 0 aromatic rings. The summed E-state index contributed by atoms with van der Waals surface area (Å²) < 4.78 is 10.6. The van der Waals surface area contributed by atoms with E-state index in [1.807, 2.05) is 0 Å². The molecule has 0 bridgehead atoms. The summed E-state index contributed by atoms with van der Waals surface area (Å²) in [5.74, 6) is -1.55. The largest absolute Gasteiger partial charge is 1.00 e. The summed E-state index contributed by atoms with van der Waals surface area (Å²) in [6.45, 7) is 0. The van der Waals surface area contributed by atoms with E-state index in [0.29, 0.717) is 0 Å². The van der Waals surface area contributed by atoms with E-state index in [0.717, 1.165) is 0 Å². The van der Waals surface area contributed by atoms with Gasteiger partial charge in [-0.25, -0.2) is 0 Å². The van der Waals surface area contributed by atoms with E-state index in [1.165, 1.54) is 12.5 Å². The number of carbonyl (C=O) groups is 1. The maximum atomic E-state index is 10.6. The molecule has 0 heterocycles. The average Bonchev–Trinajstić information content (AvgIpc) is 1.21. The molecule has 0 aliphatic rings. The van der Waals surface area contributed by atoms with Gasteiger partial charge in [0.25, 0.3) is 0 Å². The van der Waals surface area contributed by atoms with Gasteiger partial charge < -0.3 is 9.90 Å². The van der Waals surface area contributed by atoms with E-state index in [-0.39, 0.29) is 24.6 Å². The summed E-state index contributed by atoms with van der Waals surface area (Å²) in [6.07, 6.45) is 2.84. The van der Waals surface area contributed by atoms with Crippen molar-refractivity contribution in [1.82, 2.24) is 0 Å². The Bertz CT molecular complexity index is 139. The molecule has 0 aliphatic carbocycles. The smallest absolute Gasteiger partial charge is 0.549 e. The number of carbonyl (C=O) groups excluding carboxylic acids is 1. The Morgan fingerprint density at radius 2 is 1.89 bits per heavy atom. The molecule has 0 saturated carbocycles. The van der Waals surface area contributed by atoms with Gasteiger partial charge in [-0.3, -0.25) is 4.21 Å². The van der Waals surface area contributed by atoms with E-state index in [9.17, 15) is 14.1 Å². The van der Waals surface area contributed by atoms with E-state index in [1.54, 1.807) is 0 Å². The van der Waals surface area contributed by atoms with Crippen molar-refractivity contribution < 1.29 is 33.0 Å². The summed E-state index contributed by atoms with van der Waals surface area (Å²) >= 11 is 0. The second-order valence-electron chi connectivity index (χ2n) is 2.10. The SMILES string of the molecule is C[SH](C)(=O)CC(=O)[O-].[Li+]. The van der Waals surface area contributed by atoms with Crippen LogP contribution in [0.3, 0.4) is 0 Å². The van der Waals surface area contributed by atoms with Crippen LogP contribution in [0.25, 0.3) is 0 Å². The van der Waals surface area contributed by atoms with Crippen molar-refractivity contribution in [3.8, 4) is 0 Å². The minimum absolute atomic E-state index is 0. The van der Waals surface area contributed by atoms with Crippen LogP contribution in [0.1, 0.15) is 0 Å². The molecular weight excluding hydrogens is 135 g/mol. The monoisotopic (exact) mass is 144 g/mol. The zero-order chi connectivity index (χ0) is 6.78. The summed E-state index contributed by atoms with van der Waals surface area (Å²) in [4.78, 5) is 9.73. The van der Waals surface area contributed by atoms with Gasteiger partial charge in [0.1, 0.15) is 0 Å². The van der Waals surface area contributed by atoms with Gasteiger partial charge >= 0.3 is 18.9 Å². The molecule has 0 rings (SSSR count). The molecule has 9 heavy (non-hydrogen) atoms. The van der Waals surface area contributed by atoms with Crippen LogP contribution < -0.4 is 24.0 Å². The number of carboxylic acid groups (broad SMARTS) is 1. The van der Waals surface area contributed by atoms with E-state index in [2.05, 4.69) is 0 Å². The minimum atomic E-state index is -2.38. The second-order valence-corrected chi connectivity index (χ2v) is 5.57. The van der Waals surface area contributed by atoms with Crippen molar-refractivity contribution in [1.29, 1.82) is 0 Å². The molecule has 5 heteroatoms. The Hall–Kier alpha value is 0.217. The molecule has 0 unspecified atom stereocenters. The first kappa shape index (κ1) is 11.9. The van der Waals surface area contributed by atoms with E-state index in [4.69, 9.17) is 0 Å². The van der Waals surface area contributed by atoms with E-state index >= 15 is 0 Å². The summed E-state index contributed by atoms with van der Waals surface area (Å²) in [6, 6.07) is 0. The fraction of sp³-hybridized carbons (Fsp3) is 0.750. The molecular formula is C4H9LiO3S. The van der Waals surface area contributed by atoms with Crippen LogP contribution in [0.15, 0.2) is 0 Å². The molecule has 0 aromatic heterocycles. The minimum Gasteiger partial charge on any atom is -0.549 e. The molecule has 0 spiro atoms. The van der Waals surface area contributed by atoms with Crippen molar-refractivity contribution in [2.75, 3.05) is 18.3 Å². The molecule has 0 fully saturated rings. The summed E-state index contributed by atoms with van der Waals surface area (Å²) in [5.41, 5.74) is 0. The zero-order valence-corrected chi connectivity index (χ0v) is 6.77. The predicted octanol–water partition coefficient (Wildman–Crippen LogP) is -4.98. The van der Waals surface area contributed by atoms with Gasteiger partial charge in [-0.2, -0.15) is 0 Å². The van der Waals surface area contributed by atoms with Crippen LogP contribution in [-0.4, -0.2) is 28.4 Å². The average molecular weight is 144 g/mol. The standard InChI is InChI=1S/C4H10O3S.Li/c1-8(2,7)3-4(5)6;/h8H,3H2,1-2H3,(H,5,6);/q;+1/p-1. The number of aliphatic carboxylic acids is 1. The first-order valence-corrected chi connectivity index (χ1v) is 4.94. The number of hydrogen-bond acceptors (Lipinski definition) is 3. The second kappa shape index (κ2) is 4.10. The molecule has 3 nitrogen and oxygen atoms in total.